The van der Waals surface area contributed by atoms with Gasteiger partial charge < -0.3 is 5.32 Å². The Hall–Kier alpha value is -0.250. The van der Waals surface area contributed by atoms with Crippen LogP contribution in [0, 0.1) is 5.92 Å². The fraction of sp³-hybridized carbons (Fsp3) is 1.00. The van der Waals surface area contributed by atoms with Crippen molar-refractivity contribution in [2.24, 2.45) is 5.92 Å². The van der Waals surface area contributed by atoms with Gasteiger partial charge in [-0.05, 0) is 19.4 Å². The third kappa shape index (κ3) is 1.87. The molecule has 0 aromatic heterocycles. The van der Waals surface area contributed by atoms with E-state index in [4.69, 9.17) is 0 Å². The Kier molecular flexibility index (Phi) is 2.18. The van der Waals surface area contributed by atoms with Crippen LogP contribution in [0.25, 0.3) is 0 Å². The van der Waals surface area contributed by atoms with Crippen LogP contribution in [-0.2, 0) is 0 Å². The van der Waals surface area contributed by atoms with Crippen LogP contribution in [0.2, 0.25) is 0 Å². The number of piperidine rings is 1. The minimum Gasteiger partial charge on any atom is -0.316 e. The highest BCUT2D eigenvalue weighted by Gasteiger charge is 2.39. The van der Waals surface area contributed by atoms with E-state index < -0.39 is 12.1 Å². The zero-order valence-corrected chi connectivity index (χ0v) is 5.54. The normalized spacial score (nSPS) is 28.5. The fourth-order valence-corrected chi connectivity index (χ4v) is 1.13. The maximum Gasteiger partial charge on any atom is 0.393 e. The van der Waals surface area contributed by atoms with Crippen molar-refractivity contribution in [3.63, 3.8) is 0 Å². The summed E-state index contributed by atoms with van der Waals surface area (Å²) in [5, 5.41) is 2.72. The number of hydrogen-bond donors (Lipinski definition) is 1. The van der Waals surface area contributed by atoms with Gasteiger partial charge in [-0.15, -0.1) is 0 Å². The van der Waals surface area contributed by atoms with Crippen molar-refractivity contribution in [2.45, 2.75) is 19.0 Å². The molecule has 1 atom stereocenters. The molecule has 0 unspecified atom stereocenters. The van der Waals surface area contributed by atoms with Gasteiger partial charge >= 0.3 is 6.18 Å². The van der Waals surface area contributed by atoms with E-state index in [0.717, 1.165) is 6.54 Å². The van der Waals surface area contributed by atoms with Gasteiger partial charge in [-0.2, -0.15) is 13.2 Å². The molecule has 0 radical (unpaired) electrons. The number of rotatable bonds is 0. The van der Waals surface area contributed by atoms with Crippen molar-refractivity contribution in [2.75, 3.05) is 13.1 Å². The fourth-order valence-electron chi connectivity index (χ4n) is 1.13. The van der Waals surface area contributed by atoms with Crippen LogP contribution in [0.15, 0.2) is 0 Å². The summed E-state index contributed by atoms with van der Waals surface area (Å²) in [7, 11) is 0. The zero-order chi connectivity index (χ0) is 7.61. The first-order valence-electron chi connectivity index (χ1n) is 3.38. The average Bonchev–Trinajstić information content (AvgIpc) is 1.88. The van der Waals surface area contributed by atoms with Crippen molar-refractivity contribution in [1.29, 1.82) is 0 Å². The predicted molar refractivity (Wildman–Crippen MR) is 31.6 cm³/mol. The van der Waals surface area contributed by atoms with Gasteiger partial charge in [0.15, 0.2) is 0 Å². The van der Waals surface area contributed by atoms with Gasteiger partial charge in [0.2, 0.25) is 0 Å². The predicted octanol–water partition coefficient (Wildman–Crippen LogP) is 1.55. The van der Waals surface area contributed by atoms with Crippen molar-refractivity contribution < 1.29 is 13.2 Å². The summed E-state index contributed by atoms with van der Waals surface area (Å²) < 4.78 is 35.7. The van der Waals surface area contributed by atoms with Gasteiger partial charge in [0, 0.05) is 6.54 Å². The third-order valence-electron chi connectivity index (χ3n) is 1.76. The van der Waals surface area contributed by atoms with E-state index in [-0.39, 0.29) is 13.0 Å². The lowest BCUT2D eigenvalue weighted by atomic mass is 9.99. The lowest BCUT2D eigenvalue weighted by molar-refractivity contribution is -0.177. The Labute approximate surface area is 57.6 Å². The van der Waals surface area contributed by atoms with Crippen molar-refractivity contribution in [3.05, 3.63) is 0 Å². The van der Waals surface area contributed by atoms with E-state index in [1.54, 1.807) is 0 Å². The van der Waals surface area contributed by atoms with E-state index in [1.165, 1.54) is 0 Å². The molecule has 0 spiro atoms. The minimum atomic E-state index is -3.99. The van der Waals surface area contributed by atoms with Crippen LogP contribution in [0.5, 0.6) is 0 Å². The molecule has 1 fully saturated rings. The molecule has 0 bridgehead atoms. The second-order valence-corrected chi connectivity index (χ2v) is 2.58. The summed E-state index contributed by atoms with van der Waals surface area (Å²) in [6.45, 7) is 0.829. The first-order valence-corrected chi connectivity index (χ1v) is 3.38. The van der Waals surface area contributed by atoms with E-state index in [1.807, 2.05) is 0 Å². The van der Waals surface area contributed by atoms with Gasteiger partial charge in [0.05, 0.1) is 5.92 Å². The maximum absolute atomic E-state index is 11.9. The quantitative estimate of drug-likeness (QED) is 0.556. The number of halogens is 3. The lowest BCUT2D eigenvalue weighted by Gasteiger charge is -2.24. The zero-order valence-electron chi connectivity index (χ0n) is 5.54. The van der Waals surface area contributed by atoms with Crippen LogP contribution < -0.4 is 5.32 Å². The summed E-state index contributed by atoms with van der Waals surface area (Å²) in [5.74, 6) is -1.11. The molecule has 1 saturated heterocycles. The monoisotopic (exact) mass is 153 g/mol. The average molecular weight is 153 g/mol. The van der Waals surface area contributed by atoms with Gasteiger partial charge in [0.1, 0.15) is 0 Å². The summed E-state index contributed by atoms with van der Waals surface area (Å²) >= 11 is 0. The van der Waals surface area contributed by atoms with Crippen LogP contribution >= 0.6 is 0 Å². The van der Waals surface area contributed by atoms with Gasteiger partial charge in [-0.25, -0.2) is 0 Å². The van der Waals surface area contributed by atoms with Gasteiger partial charge in [-0.3, -0.25) is 0 Å². The van der Waals surface area contributed by atoms with Crippen molar-refractivity contribution >= 4 is 0 Å². The highest BCUT2D eigenvalue weighted by atomic mass is 19.4. The van der Waals surface area contributed by atoms with E-state index in [0.29, 0.717) is 6.42 Å². The molecular weight excluding hydrogens is 143 g/mol. The Morgan fingerprint density at radius 1 is 1.30 bits per heavy atom. The molecule has 0 aromatic rings. The van der Waals surface area contributed by atoms with Crippen molar-refractivity contribution in [3.8, 4) is 0 Å². The largest absolute Gasteiger partial charge is 0.393 e. The Balaban J connectivity index is 2.39. The SMILES string of the molecule is FC(F)(F)[C@@H]1CCCNC1. The van der Waals surface area contributed by atoms with Gasteiger partial charge in [0.25, 0.3) is 0 Å². The molecule has 4 heteroatoms. The Bertz CT molecular complexity index is 104. The molecule has 0 amide bonds. The summed E-state index contributed by atoms with van der Waals surface area (Å²) in [5.41, 5.74) is 0. The van der Waals surface area contributed by atoms with Crippen molar-refractivity contribution in [1.82, 2.24) is 5.32 Å². The molecule has 0 aromatic carbocycles. The van der Waals surface area contributed by atoms with Crippen LogP contribution in [0.4, 0.5) is 13.2 Å². The van der Waals surface area contributed by atoms with E-state index in [2.05, 4.69) is 5.32 Å². The minimum absolute atomic E-state index is 0.101. The van der Waals surface area contributed by atoms with E-state index in [9.17, 15) is 13.2 Å². The standard InChI is InChI=1S/C6H10F3N/c7-6(8,9)5-2-1-3-10-4-5/h5,10H,1-4H2/t5-/m1/s1. The molecule has 60 valence electrons. The molecule has 1 aliphatic rings. The van der Waals surface area contributed by atoms with E-state index >= 15 is 0 Å². The summed E-state index contributed by atoms with van der Waals surface area (Å²) in [4.78, 5) is 0. The first-order chi connectivity index (χ1) is 4.61. The molecule has 1 rings (SSSR count). The topological polar surface area (TPSA) is 12.0 Å². The Morgan fingerprint density at radius 3 is 2.30 bits per heavy atom. The van der Waals surface area contributed by atoms with Gasteiger partial charge in [-0.1, -0.05) is 0 Å². The van der Waals surface area contributed by atoms with Crippen LogP contribution in [-0.4, -0.2) is 19.3 Å². The number of nitrogens with one attached hydrogen (secondary N) is 1. The highest BCUT2D eigenvalue weighted by Crippen LogP contribution is 2.30. The molecule has 10 heavy (non-hydrogen) atoms. The third-order valence-corrected chi connectivity index (χ3v) is 1.76. The molecule has 1 aliphatic heterocycles. The molecule has 1 heterocycles. The summed E-state index contributed by atoms with van der Waals surface area (Å²) in [6.07, 6.45) is -3.06. The molecular formula is C6H10F3N. The van der Waals surface area contributed by atoms with Crippen LogP contribution in [0.3, 0.4) is 0 Å². The highest BCUT2D eigenvalue weighted by molar-refractivity contribution is 4.74. The van der Waals surface area contributed by atoms with Crippen LogP contribution in [0.1, 0.15) is 12.8 Å². The second kappa shape index (κ2) is 2.78. The first kappa shape index (κ1) is 7.85. The smallest absolute Gasteiger partial charge is 0.316 e. The maximum atomic E-state index is 11.9. The Morgan fingerprint density at radius 2 is 2.00 bits per heavy atom. The molecule has 1 N–H and O–H groups in total. The number of alkyl halides is 3. The molecule has 0 aliphatic carbocycles. The molecule has 0 saturated carbocycles. The summed E-state index contributed by atoms with van der Waals surface area (Å²) in [6, 6.07) is 0. The number of hydrogen-bond acceptors (Lipinski definition) is 1. The molecule has 1 nitrogen and oxygen atoms in total. The second-order valence-electron chi connectivity index (χ2n) is 2.58. The lowest BCUT2D eigenvalue weighted by Crippen LogP contribution is -2.38.